The fraction of sp³-hybridized carbons (Fsp3) is 0.619. The van der Waals surface area contributed by atoms with Gasteiger partial charge in [-0.2, -0.15) is 0 Å². The number of benzene rings is 1. The molecule has 0 spiro atoms. The summed E-state index contributed by atoms with van der Waals surface area (Å²) < 4.78 is 16.5. The highest BCUT2D eigenvalue weighted by molar-refractivity contribution is 6.31. The Morgan fingerprint density at radius 1 is 1.31 bits per heavy atom. The van der Waals surface area contributed by atoms with Crippen LogP contribution >= 0.6 is 11.6 Å². The molecule has 0 amide bonds. The summed E-state index contributed by atoms with van der Waals surface area (Å²) in [5.41, 5.74) is 2.92. The van der Waals surface area contributed by atoms with Crippen molar-refractivity contribution < 1.29 is 9.50 Å². The van der Waals surface area contributed by atoms with Gasteiger partial charge in [-0.05, 0) is 49.8 Å². The number of rotatable bonds is 6. The molecular formula is C21H30ClFN2O. The highest BCUT2D eigenvalue weighted by Gasteiger charge is 2.31. The molecule has 2 aromatic rings. The smallest absolute Gasteiger partial charge is 0.143 e. The molecule has 1 N–H and O–H groups in total. The Balaban J connectivity index is 1.99. The van der Waals surface area contributed by atoms with Crippen LogP contribution in [0.1, 0.15) is 45.4 Å². The summed E-state index contributed by atoms with van der Waals surface area (Å²) in [5.74, 6) is 0.164. The van der Waals surface area contributed by atoms with E-state index < -0.39 is 5.60 Å². The predicted molar refractivity (Wildman–Crippen MR) is 107 cm³/mol. The number of nitrogens with zero attached hydrogens (tertiary/aromatic N) is 2. The molecule has 2 heterocycles. The van der Waals surface area contributed by atoms with E-state index in [4.69, 9.17) is 11.6 Å². The van der Waals surface area contributed by atoms with Gasteiger partial charge in [-0.3, -0.25) is 4.90 Å². The summed E-state index contributed by atoms with van der Waals surface area (Å²) in [6.45, 7) is 11.7. The predicted octanol–water partition coefficient (Wildman–Crippen LogP) is 4.65. The molecule has 26 heavy (non-hydrogen) atoms. The van der Waals surface area contributed by atoms with Crippen molar-refractivity contribution in [2.24, 2.45) is 5.92 Å². The number of hydrogen-bond donors (Lipinski definition) is 1. The van der Waals surface area contributed by atoms with Gasteiger partial charge in [0.2, 0.25) is 0 Å². The van der Waals surface area contributed by atoms with Gasteiger partial charge in [0.25, 0.3) is 0 Å². The van der Waals surface area contributed by atoms with Crippen LogP contribution in [-0.4, -0.2) is 39.8 Å². The van der Waals surface area contributed by atoms with E-state index in [1.807, 2.05) is 6.92 Å². The molecule has 3 rings (SSSR count). The molecule has 1 saturated heterocycles. The highest BCUT2D eigenvalue weighted by atomic mass is 35.5. The standard InChI is InChI=1S/C21H30ClFN2O/c1-5-15-16-11-17(22)18(23)12-20(16)25(19(15)10-14(2)3)9-8-24-7-6-21(4,26)13-24/h11-12,14,26H,5-10,13H2,1-4H3. The maximum Gasteiger partial charge on any atom is 0.143 e. The van der Waals surface area contributed by atoms with Crippen LogP contribution in [0.3, 0.4) is 0 Å². The first-order valence-corrected chi connectivity index (χ1v) is 10.0. The van der Waals surface area contributed by atoms with Gasteiger partial charge < -0.3 is 9.67 Å². The van der Waals surface area contributed by atoms with Crippen molar-refractivity contribution in [2.75, 3.05) is 19.6 Å². The zero-order valence-corrected chi connectivity index (χ0v) is 17.0. The zero-order valence-electron chi connectivity index (χ0n) is 16.3. The van der Waals surface area contributed by atoms with Crippen molar-refractivity contribution in [3.8, 4) is 0 Å². The van der Waals surface area contributed by atoms with Gasteiger partial charge in [-0.1, -0.05) is 32.4 Å². The van der Waals surface area contributed by atoms with Crippen LogP contribution in [0.5, 0.6) is 0 Å². The molecule has 1 unspecified atom stereocenters. The first kappa shape index (κ1) is 19.7. The number of fused-ring (bicyclic) bond motifs is 1. The number of hydrogen-bond acceptors (Lipinski definition) is 2. The van der Waals surface area contributed by atoms with Crippen LogP contribution in [0, 0.1) is 11.7 Å². The van der Waals surface area contributed by atoms with Crippen molar-refractivity contribution >= 4 is 22.5 Å². The van der Waals surface area contributed by atoms with Crippen LogP contribution in [-0.2, 0) is 19.4 Å². The molecule has 1 aliphatic heterocycles. The fourth-order valence-electron chi connectivity index (χ4n) is 4.21. The van der Waals surface area contributed by atoms with Crippen molar-refractivity contribution in [2.45, 2.75) is 59.1 Å². The Hall–Kier alpha value is -1.10. The van der Waals surface area contributed by atoms with Crippen molar-refractivity contribution in [3.63, 3.8) is 0 Å². The number of β-amino-alcohol motifs (C(OH)–C–C–N with tert-alkyl or cyclic N) is 1. The minimum atomic E-state index is -0.590. The molecule has 144 valence electrons. The third-order valence-electron chi connectivity index (χ3n) is 5.45. The van der Waals surface area contributed by atoms with E-state index >= 15 is 0 Å². The fourth-order valence-corrected chi connectivity index (χ4v) is 4.37. The van der Waals surface area contributed by atoms with Crippen molar-refractivity contribution in [3.05, 3.63) is 34.2 Å². The maximum atomic E-state index is 14.2. The van der Waals surface area contributed by atoms with Gasteiger partial charge in [0.1, 0.15) is 5.82 Å². The lowest BCUT2D eigenvalue weighted by molar-refractivity contribution is 0.0684. The Morgan fingerprint density at radius 2 is 2.04 bits per heavy atom. The summed E-state index contributed by atoms with van der Waals surface area (Å²) >= 11 is 6.08. The number of aromatic nitrogens is 1. The minimum Gasteiger partial charge on any atom is -0.389 e. The maximum absolute atomic E-state index is 14.2. The van der Waals surface area contributed by atoms with E-state index in [0.717, 1.165) is 49.8 Å². The van der Waals surface area contributed by atoms with E-state index in [9.17, 15) is 9.50 Å². The summed E-state index contributed by atoms with van der Waals surface area (Å²) in [6.07, 6.45) is 2.68. The molecule has 1 aromatic heterocycles. The lowest BCUT2D eigenvalue weighted by Crippen LogP contribution is -2.31. The Morgan fingerprint density at radius 3 is 2.62 bits per heavy atom. The van der Waals surface area contributed by atoms with Gasteiger partial charge in [0.05, 0.1) is 16.1 Å². The van der Waals surface area contributed by atoms with Crippen LogP contribution in [0.2, 0.25) is 5.02 Å². The second kappa shape index (κ2) is 7.49. The lowest BCUT2D eigenvalue weighted by atomic mass is 10.0. The van der Waals surface area contributed by atoms with Gasteiger partial charge in [0, 0.05) is 37.3 Å². The van der Waals surface area contributed by atoms with Crippen molar-refractivity contribution in [1.29, 1.82) is 0 Å². The third-order valence-corrected chi connectivity index (χ3v) is 5.74. The van der Waals surface area contributed by atoms with E-state index in [2.05, 4.69) is 30.2 Å². The molecule has 1 atom stereocenters. The molecule has 0 radical (unpaired) electrons. The molecule has 1 aliphatic rings. The van der Waals surface area contributed by atoms with Gasteiger partial charge in [-0.25, -0.2) is 4.39 Å². The minimum absolute atomic E-state index is 0.191. The largest absolute Gasteiger partial charge is 0.389 e. The van der Waals surface area contributed by atoms with Crippen LogP contribution in [0.15, 0.2) is 12.1 Å². The van der Waals surface area contributed by atoms with E-state index in [-0.39, 0.29) is 10.8 Å². The molecule has 0 bridgehead atoms. The average molecular weight is 381 g/mol. The molecule has 5 heteroatoms. The first-order valence-electron chi connectivity index (χ1n) is 9.65. The second-order valence-corrected chi connectivity index (χ2v) is 8.74. The first-order chi connectivity index (χ1) is 12.2. The SMILES string of the molecule is CCc1c(CC(C)C)n(CCN2CCC(C)(O)C2)c2cc(F)c(Cl)cc12. The molecule has 0 aliphatic carbocycles. The molecule has 0 saturated carbocycles. The van der Waals surface area contributed by atoms with E-state index in [1.165, 1.54) is 11.3 Å². The molecular weight excluding hydrogens is 351 g/mol. The van der Waals surface area contributed by atoms with Crippen LogP contribution in [0.4, 0.5) is 4.39 Å². The second-order valence-electron chi connectivity index (χ2n) is 8.33. The summed E-state index contributed by atoms with van der Waals surface area (Å²) in [5, 5.41) is 11.5. The van der Waals surface area contributed by atoms with Crippen LogP contribution < -0.4 is 0 Å². The molecule has 1 aromatic carbocycles. The Labute approximate surface area is 160 Å². The summed E-state index contributed by atoms with van der Waals surface area (Å²) in [6, 6.07) is 3.37. The van der Waals surface area contributed by atoms with Crippen LogP contribution in [0.25, 0.3) is 10.9 Å². The number of halogens is 2. The summed E-state index contributed by atoms with van der Waals surface area (Å²) in [7, 11) is 0. The van der Waals surface area contributed by atoms with E-state index in [1.54, 1.807) is 12.1 Å². The average Bonchev–Trinajstić information content (AvgIpc) is 3.02. The zero-order chi connectivity index (χ0) is 19.1. The van der Waals surface area contributed by atoms with Gasteiger partial charge >= 0.3 is 0 Å². The Kier molecular flexibility index (Phi) is 5.66. The van der Waals surface area contributed by atoms with Gasteiger partial charge in [-0.15, -0.1) is 0 Å². The normalized spacial score (nSPS) is 21.4. The molecule has 1 fully saturated rings. The van der Waals surface area contributed by atoms with E-state index in [0.29, 0.717) is 12.5 Å². The number of likely N-dealkylation sites (tertiary alicyclic amines) is 1. The van der Waals surface area contributed by atoms with Gasteiger partial charge in [0.15, 0.2) is 0 Å². The number of aliphatic hydroxyl groups is 1. The summed E-state index contributed by atoms with van der Waals surface area (Å²) in [4.78, 5) is 2.29. The molecule has 3 nitrogen and oxygen atoms in total. The number of aryl methyl sites for hydroxylation is 1. The lowest BCUT2D eigenvalue weighted by Gasteiger charge is -2.21. The topological polar surface area (TPSA) is 28.4 Å². The highest BCUT2D eigenvalue weighted by Crippen LogP contribution is 2.32. The third kappa shape index (κ3) is 3.92. The quantitative estimate of drug-likeness (QED) is 0.790. The monoisotopic (exact) mass is 380 g/mol. The Bertz CT molecular complexity index is 797. The van der Waals surface area contributed by atoms with Crippen molar-refractivity contribution in [1.82, 2.24) is 9.47 Å².